The number of carbonyl (C=O) groups is 2. The summed E-state index contributed by atoms with van der Waals surface area (Å²) in [6.07, 6.45) is -17.4. The number of esters is 1. The van der Waals surface area contributed by atoms with Crippen LogP contribution in [0.25, 0.3) is 22.3 Å². The first kappa shape index (κ1) is 65.0. The molecule has 6 aromatic rings. The van der Waals surface area contributed by atoms with Crippen LogP contribution in [-0.2, 0) is 51.7 Å². The van der Waals surface area contributed by atoms with Crippen LogP contribution >= 0.6 is 0 Å². The summed E-state index contributed by atoms with van der Waals surface area (Å²) in [5.41, 5.74) is -7.64. The number of rotatable bonds is 20. The Labute approximate surface area is 489 Å². The Hall–Kier alpha value is -6.96. The quantitative estimate of drug-likeness (QED) is 0.0498. The number of ether oxygens (including phenoxy) is 1. The molecular weight excluding hydrogens is 1150 g/mol. The van der Waals surface area contributed by atoms with Crippen molar-refractivity contribution in [1.29, 1.82) is 0 Å². The first-order chi connectivity index (χ1) is 40.4. The molecule has 2 aliphatic heterocycles. The minimum atomic E-state index is -6.04. The Morgan fingerprint density at radius 3 is 1.27 bits per heavy atom. The number of benzene rings is 4. The lowest BCUT2D eigenvalue weighted by Gasteiger charge is -2.47. The predicted octanol–water partition coefficient (Wildman–Crippen LogP) is 11.5. The summed E-state index contributed by atoms with van der Waals surface area (Å²) in [6, 6.07) is 27.2. The van der Waals surface area contributed by atoms with E-state index in [4.69, 9.17) is 4.74 Å². The lowest BCUT2D eigenvalue weighted by Crippen LogP contribution is -2.59. The fourth-order valence-corrected chi connectivity index (χ4v) is 11.2. The van der Waals surface area contributed by atoms with Crippen LogP contribution in [0.3, 0.4) is 0 Å². The van der Waals surface area contributed by atoms with Gasteiger partial charge in [-0.05, 0) is 89.5 Å². The van der Waals surface area contributed by atoms with Gasteiger partial charge in [0.25, 0.3) is 11.2 Å². The summed E-state index contributed by atoms with van der Waals surface area (Å²) in [5, 5.41) is 22.8. The molecule has 4 heterocycles. The lowest BCUT2D eigenvalue weighted by molar-refractivity contribution is -0.376. The van der Waals surface area contributed by atoms with Gasteiger partial charge in [0, 0.05) is 132 Å². The standard InChI is InChI=1S/C62H65F12N7O5/c1-40(2)77-55(82)31-53-39-80(35-43-6-10-47(11-7-43)49-14-18-51(19-15-49)58(85,61(69,70)71)62(72,73)74)52(38-81(53)36-45-22-26-76-27-23-45)30-41(3)86-56(83)32-54-37-78(28-29-79(54)34-44-20-24-75-25-21-44)33-42-4-8-46(9-5-42)48-12-16-50(17-13-48)57(84,59(63,64)65)60(66,67)68/h4-27,40-41,52-54,84-85H,28-39H2,1-3H3,(H,77,82)/t41?,52?,53-,54+/m1/s1. The highest BCUT2D eigenvalue weighted by Gasteiger charge is 2.72. The molecule has 24 heteroatoms. The number of nitrogens with zero attached hydrogens (tertiary/aromatic N) is 6. The van der Waals surface area contributed by atoms with E-state index in [0.29, 0.717) is 112 Å². The maximum atomic E-state index is 14.2. The Bertz CT molecular complexity index is 3140. The number of hydrogen-bond donors (Lipinski definition) is 3. The van der Waals surface area contributed by atoms with Gasteiger partial charge in [0.05, 0.1) is 6.42 Å². The van der Waals surface area contributed by atoms with Crippen LogP contribution in [0, 0.1) is 0 Å². The molecule has 0 spiro atoms. The van der Waals surface area contributed by atoms with Crippen molar-refractivity contribution < 1.29 is 77.2 Å². The van der Waals surface area contributed by atoms with Gasteiger partial charge in [-0.2, -0.15) is 52.7 Å². The van der Waals surface area contributed by atoms with Crippen LogP contribution in [0.15, 0.2) is 146 Å². The van der Waals surface area contributed by atoms with E-state index in [9.17, 15) is 72.5 Å². The average Bonchev–Trinajstić information content (AvgIpc) is 1.20. The van der Waals surface area contributed by atoms with E-state index < -0.39 is 59.1 Å². The van der Waals surface area contributed by atoms with E-state index >= 15 is 0 Å². The van der Waals surface area contributed by atoms with Gasteiger partial charge in [-0.15, -0.1) is 0 Å². The third kappa shape index (κ3) is 15.4. The van der Waals surface area contributed by atoms with Crippen molar-refractivity contribution in [2.75, 3.05) is 32.7 Å². The Morgan fingerprint density at radius 1 is 0.488 bits per heavy atom. The smallest absolute Gasteiger partial charge is 0.430 e. The van der Waals surface area contributed by atoms with E-state index in [2.05, 4.69) is 34.9 Å². The van der Waals surface area contributed by atoms with Gasteiger partial charge >= 0.3 is 30.7 Å². The van der Waals surface area contributed by atoms with E-state index in [1.165, 1.54) is 0 Å². The Balaban J connectivity index is 0.976. The largest absolute Gasteiger partial charge is 0.463 e. The summed E-state index contributed by atoms with van der Waals surface area (Å²) in [5.74, 6) is -0.581. The molecule has 2 fully saturated rings. The fraction of sp³-hybridized carbons (Fsp3) is 0.419. The molecule has 462 valence electrons. The Morgan fingerprint density at radius 2 is 0.849 bits per heavy atom. The molecular formula is C62H65F12N7O5. The number of piperazine rings is 2. The predicted molar refractivity (Wildman–Crippen MR) is 295 cm³/mol. The molecule has 86 heavy (non-hydrogen) atoms. The zero-order valence-corrected chi connectivity index (χ0v) is 47.1. The molecule has 1 amide bonds. The first-order valence-corrected chi connectivity index (χ1v) is 27.7. The van der Waals surface area contributed by atoms with Gasteiger partial charge in [0.1, 0.15) is 6.10 Å². The normalized spacial score (nSPS) is 18.7. The summed E-state index contributed by atoms with van der Waals surface area (Å²) < 4.78 is 169. The number of nitrogens with one attached hydrogen (secondary N) is 1. The third-order valence-corrected chi connectivity index (χ3v) is 15.7. The van der Waals surface area contributed by atoms with Crippen molar-refractivity contribution in [3.8, 4) is 22.3 Å². The first-order valence-electron chi connectivity index (χ1n) is 27.7. The molecule has 0 radical (unpaired) electrons. The third-order valence-electron chi connectivity index (χ3n) is 15.7. The SMILES string of the molecule is CC(C)NC(=O)C[C@@H]1CN(Cc2ccc(-c3ccc(C(O)(C(F)(F)F)C(F)(F)F)cc3)cc2)C(CC(C)OC(=O)C[C@H]2CN(Cc3ccc(-c4ccc(C(O)(C(F)(F)F)C(F)(F)F)cc4)cc3)CCN2Cc2ccncc2)CN1Cc1ccncc1. The van der Waals surface area contributed by atoms with Gasteiger partial charge in [-0.3, -0.25) is 39.2 Å². The van der Waals surface area contributed by atoms with Crippen molar-refractivity contribution in [2.24, 2.45) is 0 Å². The molecule has 0 bridgehead atoms. The minimum Gasteiger partial charge on any atom is -0.463 e. The van der Waals surface area contributed by atoms with Crippen LogP contribution in [0.2, 0.25) is 0 Å². The average molecular weight is 1220 g/mol. The summed E-state index contributed by atoms with van der Waals surface area (Å²) in [7, 11) is 0. The van der Waals surface area contributed by atoms with Gasteiger partial charge in [0.2, 0.25) is 5.91 Å². The zero-order chi connectivity index (χ0) is 62.4. The van der Waals surface area contributed by atoms with Crippen molar-refractivity contribution in [2.45, 2.75) is 132 Å². The molecule has 8 rings (SSSR count). The molecule has 2 aromatic heterocycles. The minimum absolute atomic E-state index is 0.0227. The second-order valence-corrected chi connectivity index (χ2v) is 22.4. The number of aromatic nitrogens is 2. The molecule has 0 saturated carbocycles. The summed E-state index contributed by atoms with van der Waals surface area (Å²) in [6.45, 7) is 9.85. The van der Waals surface area contributed by atoms with E-state index in [1.807, 2.05) is 45.0 Å². The van der Waals surface area contributed by atoms with Crippen LogP contribution in [0.1, 0.15) is 73.4 Å². The molecule has 4 atom stereocenters. The molecule has 3 N–H and O–H groups in total. The molecule has 2 unspecified atom stereocenters. The monoisotopic (exact) mass is 1220 g/mol. The van der Waals surface area contributed by atoms with Crippen LogP contribution in [-0.4, -0.2) is 139 Å². The topological polar surface area (TPSA) is 135 Å². The van der Waals surface area contributed by atoms with Crippen LogP contribution < -0.4 is 5.32 Å². The second kappa shape index (κ2) is 26.6. The van der Waals surface area contributed by atoms with Crippen molar-refractivity contribution in [1.82, 2.24) is 34.9 Å². The molecule has 2 aliphatic rings. The van der Waals surface area contributed by atoms with Crippen LogP contribution in [0.4, 0.5) is 52.7 Å². The number of carbonyl (C=O) groups excluding carboxylic acids is 2. The highest BCUT2D eigenvalue weighted by molar-refractivity contribution is 5.77. The van der Waals surface area contributed by atoms with Crippen molar-refractivity contribution in [3.63, 3.8) is 0 Å². The molecule has 0 aliphatic carbocycles. The number of aliphatic hydroxyl groups is 2. The molecule has 12 nitrogen and oxygen atoms in total. The van der Waals surface area contributed by atoms with Crippen molar-refractivity contribution >= 4 is 11.9 Å². The van der Waals surface area contributed by atoms with E-state index in [1.54, 1.807) is 73.3 Å². The fourth-order valence-electron chi connectivity index (χ4n) is 11.2. The highest BCUT2D eigenvalue weighted by atomic mass is 19.4. The number of amides is 1. The van der Waals surface area contributed by atoms with Crippen LogP contribution in [0.5, 0.6) is 0 Å². The Kier molecular flexibility index (Phi) is 20.1. The number of alkyl halides is 12. The number of pyridine rings is 2. The highest BCUT2D eigenvalue weighted by Crippen LogP contribution is 2.51. The van der Waals surface area contributed by atoms with Gasteiger partial charge < -0.3 is 20.3 Å². The van der Waals surface area contributed by atoms with E-state index in [0.717, 1.165) is 46.5 Å². The lowest BCUT2D eigenvalue weighted by atomic mass is 9.90. The van der Waals surface area contributed by atoms with Gasteiger partial charge in [-0.25, -0.2) is 0 Å². The van der Waals surface area contributed by atoms with E-state index in [-0.39, 0.29) is 42.9 Å². The molecule has 2 saturated heterocycles. The van der Waals surface area contributed by atoms with Gasteiger partial charge in [-0.1, -0.05) is 97.1 Å². The summed E-state index contributed by atoms with van der Waals surface area (Å²) in [4.78, 5) is 44.8. The van der Waals surface area contributed by atoms with Gasteiger partial charge in [0.15, 0.2) is 0 Å². The number of hydrogen-bond acceptors (Lipinski definition) is 11. The maximum absolute atomic E-state index is 14.2. The van der Waals surface area contributed by atoms with Crippen molar-refractivity contribution in [3.05, 3.63) is 179 Å². The summed E-state index contributed by atoms with van der Waals surface area (Å²) >= 11 is 0. The second-order valence-electron chi connectivity index (χ2n) is 22.4. The molecule has 4 aromatic carbocycles. The maximum Gasteiger partial charge on any atom is 0.430 e. The zero-order valence-electron chi connectivity index (χ0n) is 47.1. The number of halogens is 12.